The van der Waals surface area contributed by atoms with E-state index < -0.39 is 0 Å². The van der Waals surface area contributed by atoms with E-state index in [0.29, 0.717) is 5.92 Å². The molecule has 4 heteroatoms. The fourth-order valence-electron chi connectivity index (χ4n) is 1.52. The molecule has 0 saturated heterocycles. The topological polar surface area (TPSA) is 42.7 Å². The third-order valence-electron chi connectivity index (χ3n) is 2.17. The molecule has 1 N–H and O–H groups in total. The van der Waals surface area contributed by atoms with Gasteiger partial charge in [-0.05, 0) is 0 Å². The summed E-state index contributed by atoms with van der Waals surface area (Å²) < 4.78 is 2.17. The van der Waals surface area contributed by atoms with Crippen LogP contribution in [0.3, 0.4) is 0 Å². The van der Waals surface area contributed by atoms with Crippen LogP contribution < -0.4 is 5.32 Å². The van der Waals surface area contributed by atoms with Crippen LogP contribution in [0.2, 0.25) is 0 Å². The second-order valence-electron chi connectivity index (χ2n) is 3.47. The predicted molar refractivity (Wildman–Crippen MR) is 45.8 cm³/mol. The molecule has 0 unspecified atom stereocenters. The summed E-state index contributed by atoms with van der Waals surface area (Å²) in [5.41, 5.74) is 0. The summed E-state index contributed by atoms with van der Waals surface area (Å²) >= 11 is 0. The third-order valence-corrected chi connectivity index (χ3v) is 2.17. The van der Waals surface area contributed by atoms with Crippen molar-refractivity contribution in [1.29, 1.82) is 0 Å². The largest absolute Gasteiger partial charge is 0.301 e. The zero-order valence-corrected chi connectivity index (χ0v) is 7.54. The van der Waals surface area contributed by atoms with E-state index in [4.69, 9.17) is 0 Å². The summed E-state index contributed by atoms with van der Waals surface area (Å²) in [7, 11) is 0. The van der Waals surface area contributed by atoms with E-state index in [1.54, 1.807) is 0 Å². The lowest BCUT2D eigenvalue weighted by atomic mass is 10.2. The molecule has 12 heavy (non-hydrogen) atoms. The average molecular weight is 166 g/mol. The first kappa shape index (κ1) is 7.73. The molecule has 2 rings (SSSR count). The lowest BCUT2D eigenvalue weighted by Gasteiger charge is -2.17. The summed E-state index contributed by atoms with van der Waals surface area (Å²) in [5, 5.41) is 11.6. The van der Waals surface area contributed by atoms with Gasteiger partial charge in [0.15, 0.2) is 0 Å². The Morgan fingerprint density at radius 3 is 3.00 bits per heavy atom. The van der Waals surface area contributed by atoms with Gasteiger partial charge in [-0.1, -0.05) is 13.8 Å². The van der Waals surface area contributed by atoms with E-state index in [9.17, 15) is 0 Å². The summed E-state index contributed by atoms with van der Waals surface area (Å²) in [6.45, 7) is 6.18. The number of hydrogen-bond acceptors (Lipinski definition) is 3. The fourth-order valence-corrected chi connectivity index (χ4v) is 1.52. The summed E-state index contributed by atoms with van der Waals surface area (Å²) in [4.78, 5) is 0. The van der Waals surface area contributed by atoms with Crippen LogP contribution in [0.1, 0.15) is 31.4 Å². The van der Waals surface area contributed by atoms with Crippen LogP contribution in [0, 0.1) is 0 Å². The van der Waals surface area contributed by atoms with Crippen LogP contribution in [0.4, 0.5) is 0 Å². The second kappa shape index (κ2) is 2.86. The monoisotopic (exact) mass is 166 g/mol. The molecule has 2 heterocycles. The Kier molecular flexibility index (Phi) is 1.84. The maximum absolute atomic E-state index is 4.17. The molecule has 66 valence electrons. The van der Waals surface area contributed by atoms with Gasteiger partial charge in [-0.25, -0.2) is 0 Å². The molecule has 0 saturated carbocycles. The predicted octanol–water partition coefficient (Wildman–Crippen LogP) is 0.505. The molecule has 1 aliphatic heterocycles. The van der Waals surface area contributed by atoms with E-state index in [1.807, 2.05) is 0 Å². The molecular weight excluding hydrogens is 152 g/mol. The van der Waals surface area contributed by atoms with Crippen molar-refractivity contribution in [2.45, 2.75) is 32.9 Å². The highest BCUT2D eigenvalue weighted by atomic mass is 15.3. The van der Waals surface area contributed by atoms with Crippen molar-refractivity contribution in [3.05, 3.63) is 11.6 Å². The van der Waals surface area contributed by atoms with E-state index in [0.717, 1.165) is 31.3 Å². The minimum absolute atomic E-state index is 0.464. The van der Waals surface area contributed by atoms with Crippen LogP contribution >= 0.6 is 0 Å². The summed E-state index contributed by atoms with van der Waals surface area (Å²) in [5.74, 6) is 2.68. The highest BCUT2D eigenvalue weighted by Gasteiger charge is 2.16. The normalized spacial score (nSPS) is 16.6. The zero-order valence-electron chi connectivity index (χ0n) is 7.54. The highest BCUT2D eigenvalue weighted by Crippen LogP contribution is 2.14. The van der Waals surface area contributed by atoms with Gasteiger partial charge in [0.25, 0.3) is 0 Å². The number of aromatic nitrogens is 3. The first-order chi connectivity index (χ1) is 5.79. The molecule has 0 atom stereocenters. The minimum Gasteiger partial charge on any atom is -0.301 e. The number of nitrogens with zero attached hydrogens (tertiary/aromatic N) is 3. The fraction of sp³-hybridized carbons (Fsp3) is 0.750. The molecule has 0 aromatic carbocycles. The van der Waals surface area contributed by atoms with E-state index in [1.165, 1.54) is 0 Å². The summed E-state index contributed by atoms with van der Waals surface area (Å²) in [6, 6.07) is 0. The quantitative estimate of drug-likeness (QED) is 0.660. The third kappa shape index (κ3) is 1.12. The van der Waals surface area contributed by atoms with Crippen LogP contribution in [-0.2, 0) is 13.1 Å². The Labute approximate surface area is 72.0 Å². The minimum atomic E-state index is 0.464. The van der Waals surface area contributed by atoms with Crippen molar-refractivity contribution in [2.75, 3.05) is 6.54 Å². The molecule has 1 aromatic rings. The molecule has 0 amide bonds. The van der Waals surface area contributed by atoms with Crippen molar-refractivity contribution in [3.8, 4) is 0 Å². The van der Waals surface area contributed by atoms with E-state index in [2.05, 4.69) is 33.9 Å². The maximum atomic E-state index is 4.17. The summed E-state index contributed by atoms with van der Waals surface area (Å²) in [6.07, 6.45) is 1.000. The molecule has 4 nitrogen and oxygen atoms in total. The number of rotatable bonds is 1. The van der Waals surface area contributed by atoms with Gasteiger partial charge in [0.05, 0.1) is 6.67 Å². The van der Waals surface area contributed by atoms with Crippen LogP contribution in [0.15, 0.2) is 0 Å². The Morgan fingerprint density at radius 2 is 2.25 bits per heavy atom. The van der Waals surface area contributed by atoms with Crippen molar-refractivity contribution < 1.29 is 0 Å². The molecular formula is C8H14N4. The highest BCUT2D eigenvalue weighted by molar-refractivity contribution is 5.02. The van der Waals surface area contributed by atoms with Gasteiger partial charge in [-0.2, -0.15) is 0 Å². The maximum Gasteiger partial charge on any atom is 0.136 e. The molecule has 1 aliphatic rings. The van der Waals surface area contributed by atoms with Gasteiger partial charge < -0.3 is 4.57 Å². The Morgan fingerprint density at radius 1 is 1.42 bits per heavy atom. The van der Waals surface area contributed by atoms with Crippen LogP contribution in [-0.4, -0.2) is 21.3 Å². The van der Waals surface area contributed by atoms with Gasteiger partial charge in [-0.15, -0.1) is 10.2 Å². The molecule has 0 aliphatic carbocycles. The van der Waals surface area contributed by atoms with E-state index >= 15 is 0 Å². The molecule has 0 radical (unpaired) electrons. The smallest absolute Gasteiger partial charge is 0.136 e. The van der Waals surface area contributed by atoms with Crippen molar-refractivity contribution >= 4 is 0 Å². The molecule has 1 aromatic heterocycles. The van der Waals surface area contributed by atoms with Gasteiger partial charge in [0.2, 0.25) is 0 Å². The van der Waals surface area contributed by atoms with Gasteiger partial charge in [0, 0.05) is 18.9 Å². The molecule has 0 fully saturated rings. The first-order valence-corrected chi connectivity index (χ1v) is 4.41. The van der Waals surface area contributed by atoms with Gasteiger partial charge in [0.1, 0.15) is 11.6 Å². The van der Waals surface area contributed by atoms with Gasteiger partial charge in [-0.3, -0.25) is 5.32 Å². The lowest BCUT2D eigenvalue weighted by Crippen LogP contribution is -2.30. The number of nitrogens with one attached hydrogen (secondary N) is 1. The van der Waals surface area contributed by atoms with Gasteiger partial charge >= 0.3 is 0 Å². The Balaban J connectivity index is 2.38. The average Bonchev–Trinajstić information content (AvgIpc) is 2.47. The first-order valence-electron chi connectivity index (χ1n) is 4.41. The number of hydrogen-bond donors (Lipinski definition) is 1. The second-order valence-corrected chi connectivity index (χ2v) is 3.47. The SMILES string of the molecule is CC(C)c1nnc2n1CNCC2. The Hall–Kier alpha value is -0.900. The van der Waals surface area contributed by atoms with Crippen LogP contribution in [0.5, 0.6) is 0 Å². The van der Waals surface area contributed by atoms with Crippen molar-refractivity contribution in [3.63, 3.8) is 0 Å². The van der Waals surface area contributed by atoms with E-state index in [-0.39, 0.29) is 0 Å². The Bertz CT molecular complexity index is 277. The lowest BCUT2D eigenvalue weighted by molar-refractivity contribution is 0.467. The standard InChI is InChI=1S/C8H14N4/c1-6(2)8-11-10-7-3-4-9-5-12(7)8/h6,9H,3-5H2,1-2H3. The van der Waals surface area contributed by atoms with Crippen LogP contribution in [0.25, 0.3) is 0 Å². The molecule has 0 spiro atoms. The zero-order chi connectivity index (χ0) is 8.55. The number of fused-ring (bicyclic) bond motifs is 1. The molecule has 0 bridgehead atoms. The van der Waals surface area contributed by atoms with Crippen molar-refractivity contribution in [2.24, 2.45) is 0 Å². The van der Waals surface area contributed by atoms with Crippen molar-refractivity contribution in [1.82, 2.24) is 20.1 Å².